The van der Waals surface area contributed by atoms with Crippen molar-refractivity contribution in [3.8, 4) is 22.8 Å². The Labute approximate surface area is 177 Å². The predicted octanol–water partition coefficient (Wildman–Crippen LogP) is 1.93. The first-order valence-electron chi connectivity index (χ1n) is 9.53. The molecule has 4 N–H and O–H groups in total. The molecule has 9 nitrogen and oxygen atoms in total. The Balaban J connectivity index is 1.34. The Morgan fingerprint density at radius 3 is 2.74 bits per heavy atom. The van der Waals surface area contributed by atoms with E-state index in [0.29, 0.717) is 11.5 Å². The highest BCUT2D eigenvalue weighted by atomic mass is 16.7. The van der Waals surface area contributed by atoms with Crippen LogP contribution in [0, 0.1) is 0 Å². The number of aromatic nitrogens is 2. The number of benzene rings is 2. The van der Waals surface area contributed by atoms with Crippen LogP contribution in [0.4, 0.5) is 5.82 Å². The number of carbonyl (C=O) groups excluding carboxylic acids is 2. The van der Waals surface area contributed by atoms with Crippen LogP contribution in [0.3, 0.4) is 0 Å². The third kappa shape index (κ3) is 4.90. The molecule has 0 fully saturated rings. The van der Waals surface area contributed by atoms with Crippen LogP contribution in [-0.2, 0) is 9.59 Å². The van der Waals surface area contributed by atoms with Crippen molar-refractivity contribution < 1.29 is 24.2 Å². The number of ether oxygens (including phenoxy) is 2. The Kier molecular flexibility index (Phi) is 5.95. The molecular formula is C22H20N4O5. The molecule has 2 heterocycles. The zero-order valence-electron chi connectivity index (χ0n) is 16.4. The van der Waals surface area contributed by atoms with E-state index in [1.54, 1.807) is 30.3 Å². The molecule has 1 aliphatic rings. The molecule has 0 bridgehead atoms. The summed E-state index contributed by atoms with van der Waals surface area (Å²) in [6.45, 7) is -0.398. The van der Waals surface area contributed by atoms with Crippen molar-refractivity contribution in [1.29, 1.82) is 0 Å². The maximum absolute atomic E-state index is 12.4. The highest BCUT2D eigenvalue weighted by Crippen LogP contribution is 2.32. The van der Waals surface area contributed by atoms with E-state index >= 15 is 0 Å². The summed E-state index contributed by atoms with van der Waals surface area (Å²) in [7, 11) is 0. The van der Waals surface area contributed by atoms with Gasteiger partial charge in [-0.15, -0.1) is 0 Å². The first-order valence-corrected chi connectivity index (χ1v) is 9.53. The molecule has 31 heavy (non-hydrogen) atoms. The highest BCUT2D eigenvalue weighted by Gasteiger charge is 2.20. The van der Waals surface area contributed by atoms with E-state index in [2.05, 4.69) is 20.8 Å². The summed E-state index contributed by atoms with van der Waals surface area (Å²) in [5.74, 6) is 0.418. The summed E-state index contributed by atoms with van der Waals surface area (Å²) in [6, 6.07) is 15.3. The molecule has 0 aliphatic carbocycles. The van der Waals surface area contributed by atoms with Crippen molar-refractivity contribution in [2.75, 3.05) is 18.7 Å². The van der Waals surface area contributed by atoms with Crippen molar-refractivity contribution in [1.82, 2.24) is 15.5 Å². The van der Waals surface area contributed by atoms with E-state index in [1.807, 2.05) is 30.3 Å². The van der Waals surface area contributed by atoms with Gasteiger partial charge >= 0.3 is 0 Å². The molecule has 1 aliphatic heterocycles. The molecule has 0 saturated heterocycles. The quantitative estimate of drug-likeness (QED) is 0.433. The van der Waals surface area contributed by atoms with Crippen molar-refractivity contribution >= 4 is 23.7 Å². The number of carbonyl (C=O) groups is 2. The van der Waals surface area contributed by atoms with Crippen molar-refractivity contribution in [2.45, 2.75) is 6.04 Å². The minimum atomic E-state index is -1.13. The fourth-order valence-electron chi connectivity index (χ4n) is 2.97. The number of aromatic amines is 1. The summed E-state index contributed by atoms with van der Waals surface area (Å²) in [6.07, 6.45) is 2.85. The molecule has 2 aromatic carbocycles. The fraction of sp³-hybridized carbons (Fsp3) is 0.136. The first kappa shape index (κ1) is 20.2. The molecule has 1 atom stereocenters. The maximum atomic E-state index is 12.4. The Morgan fingerprint density at radius 1 is 1.13 bits per heavy atom. The van der Waals surface area contributed by atoms with Gasteiger partial charge in [0.1, 0.15) is 6.04 Å². The number of hydrogen-bond donors (Lipinski definition) is 4. The van der Waals surface area contributed by atoms with Gasteiger partial charge in [-0.2, -0.15) is 5.10 Å². The molecular weight excluding hydrogens is 400 g/mol. The van der Waals surface area contributed by atoms with Crippen LogP contribution in [0.15, 0.2) is 60.7 Å². The summed E-state index contributed by atoms with van der Waals surface area (Å²) in [5, 5.41) is 21.5. The minimum absolute atomic E-state index is 0.166. The molecule has 0 radical (unpaired) electrons. The third-order valence-corrected chi connectivity index (χ3v) is 4.55. The van der Waals surface area contributed by atoms with Crippen molar-refractivity contribution in [2.24, 2.45) is 0 Å². The Morgan fingerprint density at radius 2 is 1.94 bits per heavy atom. The summed E-state index contributed by atoms with van der Waals surface area (Å²) < 4.78 is 10.5. The number of fused-ring (bicyclic) bond motifs is 1. The van der Waals surface area contributed by atoms with Crippen molar-refractivity contribution in [3.63, 3.8) is 0 Å². The second-order valence-electron chi connectivity index (χ2n) is 6.71. The molecule has 0 spiro atoms. The average Bonchev–Trinajstić information content (AvgIpc) is 3.45. The van der Waals surface area contributed by atoms with Crippen LogP contribution in [0.1, 0.15) is 5.56 Å². The second-order valence-corrected chi connectivity index (χ2v) is 6.71. The summed E-state index contributed by atoms with van der Waals surface area (Å²) in [4.78, 5) is 24.6. The van der Waals surface area contributed by atoms with E-state index in [4.69, 9.17) is 9.47 Å². The molecule has 2 amide bonds. The number of aliphatic hydroxyl groups excluding tert-OH is 1. The number of rotatable bonds is 7. The molecule has 9 heteroatoms. The molecule has 158 valence electrons. The summed E-state index contributed by atoms with van der Waals surface area (Å²) in [5.41, 5.74) is 2.37. The van der Waals surface area contributed by atoms with Crippen LogP contribution in [0.5, 0.6) is 11.5 Å². The zero-order valence-corrected chi connectivity index (χ0v) is 16.4. The largest absolute Gasteiger partial charge is 0.454 e. The van der Waals surface area contributed by atoms with Gasteiger partial charge in [-0.25, -0.2) is 0 Å². The maximum Gasteiger partial charge on any atom is 0.250 e. The van der Waals surface area contributed by atoms with Gasteiger partial charge in [0.2, 0.25) is 12.7 Å². The lowest BCUT2D eigenvalue weighted by molar-refractivity contribution is -0.124. The Hall–Kier alpha value is -4.11. The van der Waals surface area contributed by atoms with E-state index in [1.165, 1.54) is 6.08 Å². The van der Waals surface area contributed by atoms with Gasteiger partial charge in [0.25, 0.3) is 5.91 Å². The average molecular weight is 420 g/mol. The lowest BCUT2D eigenvalue weighted by atomic mass is 10.1. The fourth-order valence-corrected chi connectivity index (χ4v) is 2.97. The standard InChI is InChI=1S/C22H20N4O5/c27-12-17(22(29)24-20-11-16(25-26-20)15-4-2-1-3-5-15)23-21(28)9-7-14-6-8-18-19(10-14)31-13-30-18/h1-11,17,27H,12-13H2,(H,23,28)(H2,24,25,26,29)/t17-/m0/s1. The number of hydrogen-bond acceptors (Lipinski definition) is 6. The number of nitrogens with one attached hydrogen (secondary N) is 3. The van der Waals surface area contributed by atoms with Crippen LogP contribution in [0.2, 0.25) is 0 Å². The monoisotopic (exact) mass is 420 g/mol. The smallest absolute Gasteiger partial charge is 0.250 e. The molecule has 1 aromatic heterocycles. The van der Waals surface area contributed by atoms with Crippen molar-refractivity contribution in [3.05, 3.63) is 66.2 Å². The van der Waals surface area contributed by atoms with Gasteiger partial charge in [-0.3, -0.25) is 14.7 Å². The van der Waals surface area contributed by atoms with Gasteiger partial charge in [0.05, 0.1) is 12.3 Å². The second kappa shape index (κ2) is 9.14. The van der Waals surface area contributed by atoms with E-state index in [9.17, 15) is 14.7 Å². The van der Waals surface area contributed by atoms with Gasteiger partial charge in [0, 0.05) is 12.1 Å². The van der Waals surface area contributed by atoms with E-state index in [-0.39, 0.29) is 12.6 Å². The zero-order chi connectivity index (χ0) is 21.6. The molecule has 4 rings (SSSR count). The highest BCUT2D eigenvalue weighted by molar-refractivity contribution is 6.00. The van der Waals surface area contributed by atoms with Crippen LogP contribution < -0.4 is 20.1 Å². The number of nitrogens with zero attached hydrogens (tertiary/aromatic N) is 1. The first-order chi connectivity index (χ1) is 15.1. The van der Waals surface area contributed by atoms with Gasteiger partial charge in [0.15, 0.2) is 17.3 Å². The van der Waals surface area contributed by atoms with Crippen LogP contribution in [-0.4, -0.2) is 46.6 Å². The van der Waals surface area contributed by atoms with E-state index < -0.39 is 24.5 Å². The van der Waals surface area contributed by atoms with Gasteiger partial charge in [-0.05, 0) is 29.3 Å². The van der Waals surface area contributed by atoms with Gasteiger partial charge in [-0.1, -0.05) is 36.4 Å². The number of H-pyrrole nitrogens is 1. The number of aliphatic hydroxyl groups is 1. The molecule has 0 saturated carbocycles. The lowest BCUT2D eigenvalue weighted by Crippen LogP contribution is -2.45. The normalized spacial score (nSPS) is 13.2. The molecule has 3 aromatic rings. The third-order valence-electron chi connectivity index (χ3n) is 4.55. The lowest BCUT2D eigenvalue weighted by Gasteiger charge is -2.14. The SMILES string of the molecule is O=C(C=Cc1ccc2c(c1)OCO2)N[C@@H](CO)C(=O)Nc1cc(-c2ccccc2)[nH]n1. The number of anilines is 1. The summed E-state index contributed by atoms with van der Waals surface area (Å²) >= 11 is 0. The van der Waals surface area contributed by atoms with Crippen LogP contribution >= 0.6 is 0 Å². The Bertz CT molecular complexity index is 1110. The number of amides is 2. The van der Waals surface area contributed by atoms with Crippen LogP contribution in [0.25, 0.3) is 17.3 Å². The predicted molar refractivity (Wildman–Crippen MR) is 113 cm³/mol. The molecule has 0 unspecified atom stereocenters. The van der Waals surface area contributed by atoms with E-state index in [0.717, 1.165) is 16.8 Å². The minimum Gasteiger partial charge on any atom is -0.454 e. The topological polar surface area (TPSA) is 126 Å². The van der Waals surface area contributed by atoms with Gasteiger partial charge < -0.3 is 25.2 Å².